The molecule has 0 bridgehead atoms. The zero-order chi connectivity index (χ0) is 10.3. The summed E-state index contributed by atoms with van der Waals surface area (Å²) in [5, 5.41) is 0.894. The molecule has 0 aliphatic heterocycles. The lowest BCUT2D eigenvalue weighted by Gasteiger charge is -2.04. The smallest absolute Gasteiger partial charge is 0.337 e. The van der Waals surface area contributed by atoms with Gasteiger partial charge in [-0.1, -0.05) is 6.07 Å². The molecule has 0 spiro atoms. The van der Waals surface area contributed by atoms with Crippen LogP contribution in [-0.2, 0) is 0 Å². The Kier molecular flexibility index (Phi) is 2.11. The standard InChI is InChI=1S/C11H10O2S/c1-6-3-7(2)11-8(4-6)9(14)5-10(12)13-11/h3-5,14H,1-2H3. The number of hydrogen-bond donors (Lipinski definition) is 1. The number of fused-ring (bicyclic) bond motifs is 1. The van der Waals surface area contributed by atoms with Crippen LogP contribution < -0.4 is 5.63 Å². The van der Waals surface area contributed by atoms with Gasteiger partial charge in [-0.05, 0) is 31.0 Å². The van der Waals surface area contributed by atoms with Crippen LogP contribution in [0.2, 0.25) is 0 Å². The van der Waals surface area contributed by atoms with Crippen LogP contribution in [0.5, 0.6) is 0 Å². The molecule has 0 aliphatic rings. The second kappa shape index (κ2) is 3.17. The third kappa shape index (κ3) is 1.44. The fraction of sp³-hybridized carbons (Fsp3) is 0.182. The van der Waals surface area contributed by atoms with Crippen molar-refractivity contribution in [2.24, 2.45) is 0 Å². The van der Waals surface area contributed by atoms with E-state index in [1.165, 1.54) is 6.07 Å². The summed E-state index contributed by atoms with van der Waals surface area (Å²) in [7, 11) is 0. The minimum atomic E-state index is -0.352. The molecule has 2 rings (SSSR count). The number of aryl methyl sites for hydroxylation is 2. The van der Waals surface area contributed by atoms with Crippen LogP contribution in [0.15, 0.2) is 32.3 Å². The summed E-state index contributed by atoms with van der Waals surface area (Å²) < 4.78 is 5.12. The predicted molar refractivity (Wildman–Crippen MR) is 59.2 cm³/mol. The molecule has 0 amide bonds. The van der Waals surface area contributed by atoms with Gasteiger partial charge in [0.1, 0.15) is 5.58 Å². The molecule has 0 fully saturated rings. The second-order valence-corrected chi connectivity index (χ2v) is 3.89. The van der Waals surface area contributed by atoms with E-state index in [9.17, 15) is 4.79 Å². The first-order valence-corrected chi connectivity index (χ1v) is 4.77. The Morgan fingerprint density at radius 1 is 1.21 bits per heavy atom. The summed E-state index contributed by atoms with van der Waals surface area (Å²) in [5.74, 6) is 0. The van der Waals surface area contributed by atoms with E-state index in [-0.39, 0.29) is 5.63 Å². The van der Waals surface area contributed by atoms with Gasteiger partial charge in [-0.25, -0.2) is 4.79 Å². The summed E-state index contributed by atoms with van der Waals surface area (Å²) in [4.78, 5) is 11.8. The van der Waals surface area contributed by atoms with Gasteiger partial charge in [-0.15, -0.1) is 12.6 Å². The molecule has 1 heterocycles. The Bertz CT molecular complexity index is 555. The number of hydrogen-bond acceptors (Lipinski definition) is 3. The third-order valence-corrected chi connectivity index (χ3v) is 2.52. The molecule has 2 aromatic rings. The number of thiol groups is 1. The highest BCUT2D eigenvalue weighted by atomic mass is 32.1. The van der Waals surface area contributed by atoms with Gasteiger partial charge >= 0.3 is 5.63 Å². The second-order valence-electron chi connectivity index (χ2n) is 3.41. The molecule has 3 heteroatoms. The number of benzene rings is 1. The molecule has 0 radical (unpaired) electrons. The quantitative estimate of drug-likeness (QED) is 0.530. The molecular weight excluding hydrogens is 196 g/mol. The molecular formula is C11H10O2S. The van der Waals surface area contributed by atoms with Crippen molar-refractivity contribution in [2.45, 2.75) is 18.7 Å². The third-order valence-electron chi connectivity index (χ3n) is 2.15. The van der Waals surface area contributed by atoms with Crippen LogP contribution in [0.4, 0.5) is 0 Å². The van der Waals surface area contributed by atoms with Gasteiger partial charge in [0.05, 0.1) is 0 Å². The van der Waals surface area contributed by atoms with Crippen molar-refractivity contribution in [2.75, 3.05) is 0 Å². The molecule has 0 aliphatic carbocycles. The highest BCUT2D eigenvalue weighted by Gasteiger charge is 2.05. The molecule has 0 N–H and O–H groups in total. The lowest BCUT2D eigenvalue weighted by Crippen LogP contribution is -1.97. The predicted octanol–water partition coefficient (Wildman–Crippen LogP) is 2.70. The first kappa shape index (κ1) is 9.34. The minimum absolute atomic E-state index is 0.352. The topological polar surface area (TPSA) is 30.2 Å². The lowest BCUT2D eigenvalue weighted by atomic mass is 10.1. The van der Waals surface area contributed by atoms with Gasteiger partial charge in [0.2, 0.25) is 0 Å². The van der Waals surface area contributed by atoms with E-state index in [0.29, 0.717) is 10.5 Å². The van der Waals surface area contributed by atoms with Gasteiger partial charge in [0, 0.05) is 16.3 Å². The summed E-state index contributed by atoms with van der Waals surface area (Å²) in [6, 6.07) is 5.34. The first-order valence-electron chi connectivity index (χ1n) is 4.32. The monoisotopic (exact) mass is 206 g/mol. The van der Waals surface area contributed by atoms with Gasteiger partial charge in [-0.2, -0.15) is 0 Å². The first-order chi connectivity index (χ1) is 6.58. The van der Waals surface area contributed by atoms with Crippen LogP contribution in [0, 0.1) is 13.8 Å². The summed E-state index contributed by atoms with van der Waals surface area (Å²) in [6.07, 6.45) is 0. The Balaban J connectivity index is 3.01. The van der Waals surface area contributed by atoms with Gasteiger partial charge < -0.3 is 4.42 Å². The van der Waals surface area contributed by atoms with Crippen LogP contribution in [0.25, 0.3) is 11.0 Å². The van der Waals surface area contributed by atoms with Crippen molar-refractivity contribution in [3.63, 3.8) is 0 Å². The molecule has 0 unspecified atom stereocenters. The maximum atomic E-state index is 11.1. The average molecular weight is 206 g/mol. The number of rotatable bonds is 0. The molecule has 72 valence electrons. The van der Waals surface area contributed by atoms with E-state index in [1.807, 2.05) is 26.0 Å². The molecule has 0 saturated carbocycles. The summed E-state index contributed by atoms with van der Waals surface area (Å²) in [6.45, 7) is 3.93. The zero-order valence-electron chi connectivity index (χ0n) is 8.00. The largest absolute Gasteiger partial charge is 0.422 e. The molecule has 1 aromatic carbocycles. The van der Waals surface area contributed by atoms with E-state index < -0.39 is 0 Å². The Labute approximate surface area is 87.0 Å². The SMILES string of the molecule is Cc1cc(C)c2oc(=O)cc(S)c2c1. The van der Waals surface area contributed by atoms with Crippen LogP contribution in [0.1, 0.15) is 11.1 Å². The molecule has 1 aromatic heterocycles. The lowest BCUT2D eigenvalue weighted by molar-refractivity contribution is 0.555. The maximum absolute atomic E-state index is 11.1. The Morgan fingerprint density at radius 2 is 1.93 bits per heavy atom. The Morgan fingerprint density at radius 3 is 2.64 bits per heavy atom. The normalized spacial score (nSPS) is 10.8. The van der Waals surface area contributed by atoms with Gasteiger partial charge in [0.15, 0.2) is 0 Å². The fourth-order valence-corrected chi connectivity index (χ4v) is 1.87. The summed E-state index contributed by atoms with van der Waals surface area (Å²) in [5.41, 5.74) is 2.38. The molecule has 14 heavy (non-hydrogen) atoms. The molecule has 0 saturated heterocycles. The average Bonchev–Trinajstić information content (AvgIpc) is 2.07. The minimum Gasteiger partial charge on any atom is -0.422 e. The van der Waals surface area contributed by atoms with E-state index >= 15 is 0 Å². The highest BCUT2D eigenvalue weighted by molar-refractivity contribution is 7.80. The van der Waals surface area contributed by atoms with E-state index in [2.05, 4.69) is 12.6 Å². The van der Waals surface area contributed by atoms with E-state index in [1.54, 1.807) is 0 Å². The van der Waals surface area contributed by atoms with Gasteiger partial charge in [0.25, 0.3) is 0 Å². The van der Waals surface area contributed by atoms with Crippen molar-refractivity contribution in [3.05, 3.63) is 39.7 Å². The maximum Gasteiger partial charge on any atom is 0.337 e. The molecule has 2 nitrogen and oxygen atoms in total. The van der Waals surface area contributed by atoms with Crippen molar-refractivity contribution in [1.29, 1.82) is 0 Å². The fourth-order valence-electron chi connectivity index (χ4n) is 1.60. The zero-order valence-corrected chi connectivity index (χ0v) is 8.89. The van der Waals surface area contributed by atoms with Crippen molar-refractivity contribution in [1.82, 2.24) is 0 Å². The van der Waals surface area contributed by atoms with Crippen LogP contribution >= 0.6 is 12.6 Å². The molecule has 0 atom stereocenters. The van der Waals surface area contributed by atoms with Crippen molar-refractivity contribution >= 4 is 23.6 Å². The Hall–Kier alpha value is -1.22. The van der Waals surface area contributed by atoms with Crippen LogP contribution in [-0.4, -0.2) is 0 Å². The van der Waals surface area contributed by atoms with Crippen molar-refractivity contribution < 1.29 is 4.42 Å². The van der Waals surface area contributed by atoms with Crippen LogP contribution in [0.3, 0.4) is 0 Å². The highest BCUT2D eigenvalue weighted by Crippen LogP contribution is 2.24. The van der Waals surface area contributed by atoms with Crippen molar-refractivity contribution in [3.8, 4) is 0 Å². The van der Waals surface area contributed by atoms with E-state index in [0.717, 1.165) is 16.5 Å². The van der Waals surface area contributed by atoms with E-state index in [4.69, 9.17) is 4.42 Å². The summed E-state index contributed by atoms with van der Waals surface area (Å²) >= 11 is 4.25. The van der Waals surface area contributed by atoms with Gasteiger partial charge in [-0.3, -0.25) is 0 Å².